The third-order valence-corrected chi connectivity index (χ3v) is 5.46. The number of amides is 1. The summed E-state index contributed by atoms with van der Waals surface area (Å²) in [7, 11) is 1.58. The molecule has 0 saturated heterocycles. The molecular weight excluding hydrogens is 421 g/mol. The molecule has 2 atom stereocenters. The Kier molecular flexibility index (Phi) is 5.93. The standard InChI is InChI=1S/C27H26FNO4/c1-27(2,3)33-26(31)19-7-5-6-17(14-19)18-10-13-22-21(15-18)23(25(30)29-4)24(32-22)16-8-11-20(28)12-9-16/h5-15,23-24H,1-4H3,(H,29,30). The lowest BCUT2D eigenvalue weighted by Crippen LogP contribution is -2.28. The number of ether oxygens (including phenoxy) is 2. The molecule has 33 heavy (non-hydrogen) atoms. The van der Waals surface area contributed by atoms with Gasteiger partial charge in [-0.05, 0) is 73.9 Å². The number of nitrogens with one attached hydrogen (secondary N) is 1. The van der Waals surface area contributed by atoms with E-state index in [0.29, 0.717) is 11.3 Å². The predicted molar refractivity (Wildman–Crippen MR) is 124 cm³/mol. The highest BCUT2D eigenvalue weighted by molar-refractivity contribution is 5.91. The normalized spacial score (nSPS) is 17.1. The zero-order chi connectivity index (χ0) is 23.8. The van der Waals surface area contributed by atoms with Crippen molar-refractivity contribution in [3.63, 3.8) is 0 Å². The van der Waals surface area contributed by atoms with Crippen LogP contribution in [0, 0.1) is 5.82 Å². The Morgan fingerprint density at radius 2 is 1.67 bits per heavy atom. The highest BCUT2D eigenvalue weighted by Gasteiger charge is 2.40. The Morgan fingerprint density at radius 3 is 2.33 bits per heavy atom. The smallest absolute Gasteiger partial charge is 0.338 e. The van der Waals surface area contributed by atoms with E-state index in [9.17, 15) is 14.0 Å². The number of likely N-dealkylation sites (N-methyl/N-ethyl adjacent to an activating group) is 1. The van der Waals surface area contributed by atoms with Crippen LogP contribution in [0.3, 0.4) is 0 Å². The van der Waals surface area contributed by atoms with Crippen LogP contribution in [0.5, 0.6) is 5.75 Å². The molecule has 0 saturated carbocycles. The van der Waals surface area contributed by atoms with E-state index in [2.05, 4.69) is 5.32 Å². The van der Waals surface area contributed by atoms with E-state index in [1.807, 2.05) is 45.0 Å². The minimum absolute atomic E-state index is 0.192. The van der Waals surface area contributed by atoms with Crippen LogP contribution in [-0.2, 0) is 9.53 Å². The molecule has 0 radical (unpaired) electrons. The number of carbonyl (C=O) groups excluding carboxylic acids is 2. The van der Waals surface area contributed by atoms with E-state index in [1.165, 1.54) is 12.1 Å². The summed E-state index contributed by atoms with van der Waals surface area (Å²) in [5.41, 5.74) is 2.98. The van der Waals surface area contributed by atoms with Gasteiger partial charge < -0.3 is 14.8 Å². The fraction of sp³-hybridized carbons (Fsp3) is 0.259. The monoisotopic (exact) mass is 447 g/mol. The largest absolute Gasteiger partial charge is 0.484 e. The molecule has 0 fully saturated rings. The second-order valence-corrected chi connectivity index (χ2v) is 9.02. The third-order valence-electron chi connectivity index (χ3n) is 5.46. The van der Waals surface area contributed by atoms with Crippen molar-refractivity contribution in [3.05, 3.63) is 89.2 Å². The van der Waals surface area contributed by atoms with Crippen molar-refractivity contribution in [2.45, 2.75) is 38.4 Å². The van der Waals surface area contributed by atoms with Crippen LogP contribution >= 0.6 is 0 Å². The van der Waals surface area contributed by atoms with E-state index in [4.69, 9.17) is 9.47 Å². The van der Waals surface area contributed by atoms with Gasteiger partial charge in [0.25, 0.3) is 0 Å². The van der Waals surface area contributed by atoms with Crippen molar-refractivity contribution in [2.75, 3.05) is 7.05 Å². The van der Waals surface area contributed by atoms with Crippen LogP contribution in [0.4, 0.5) is 4.39 Å². The zero-order valence-corrected chi connectivity index (χ0v) is 19.0. The van der Waals surface area contributed by atoms with Gasteiger partial charge in [0.15, 0.2) is 0 Å². The average Bonchev–Trinajstić information content (AvgIpc) is 3.16. The lowest BCUT2D eigenvalue weighted by Gasteiger charge is -2.19. The molecule has 0 aliphatic carbocycles. The van der Waals surface area contributed by atoms with Crippen molar-refractivity contribution in [1.29, 1.82) is 0 Å². The van der Waals surface area contributed by atoms with Crippen LogP contribution in [-0.4, -0.2) is 24.5 Å². The summed E-state index contributed by atoms with van der Waals surface area (Å²) in [6, 6.07) is 18.8. The SMILES string of the molecule is CNC(=O)C1c2cc(-c3cccc(C(=O)OC(C)(C)C)c3)ccc2OC1c1ccc(F)cc1. The highest BCUT2D eigenvalue weighted by atomic mass is 19.1. The highest BCUT2D eigenvalue weighted by Crippen LogP contribution is 2.47. The first-order chi connectivity index (χ1) is 15.7. The summed E-state index contributed by atoms with van der Waals surface area (Å²) in [6.45, 7) is 5.48. The van der Waals surface area contributed by atoms with Crippen LogP contribution in [0.25, 0.3) is 11.1 Å². The maximum atomic E-state index is 13.4. The molecule has 6 heteroatoms. The fourth-order valence-electron chi connectivity index (χ4n) is 3.96. The third kappa shape index (κ3) is 4.75. The molecule has 3 aromatic rings. The van der Waals surface area contributed by atoms with Crippen molar-refractivity contribution < 1.29 is 23.5 Å². The molecule has 1 aliphatic rings. The molecule has 2 unspecified atom stereocenters. The van der Waals surface area contributed by atoms with Gasteiger partial charge in [-0.25, -0.2) is 9.18 Å². The molecule has 0 aromatic heterocycles. The van der Waals surface area contributed by atoms with Gasteiger partial charge in [-0.3, -0.25) is 4.79 Å². The number of hydrogen-bond donors (Lipinski definition) is 1. The van der Waals surface area contributed by atoms with Crippen molar-refractivity contribution in [3.8, 4) is 16.9 Å². The Morgan fingerprint density at radius 1 is 0.970 bits per heavy atom. The molecule has 1 aliphatic heterocycles. The van der Waals surface area contributed by atoms with Gasteiger partial charge in [0.05, 0.1) is 5.56 Å². The Labute approximate surface area is 192 Å². The zero-order valence-electron chi connectivity index (χ0n) is 19.0. The molecule has 1 heterocycles. The Balaban J connectivity index is 1.70. The number of benzene rings is 3. The van der Waals surface area contributed by atoms with Crippen molar-refractivity contribution >= 4 is 11.9 Å². The van der Waals surface area contributed by atoms with Gasteiger partial charge in [-0.1, -0.05) is 30.3 Å². The van der Waals surface area contributed by atoms with Gasteiger partial charge in [0.1, 0.15) is 29.2 Å². The number of hydrogen-bond acceptors (Lipinski definition) is 4. The quantitative estimate of drug-likeness (QED) is 0.543. The molecule has 0 bridgehead atoms. The average molecular weight is 448 g/mol. The molecular formula is C27H26FNO4. The summed E-state index contributed by atoms with van der Waals surface area (Å²) in [6.07, 6.45) is -0.566. The second kappa shape index (κ2) is 8.70. The van der Waals surface area contributed by atoms with Crippen LogP contribution in [0.1, 0.15) is 54.3 Å². The topological polar surface area (TPSA) is 64.6 Å². The lowest BCUT2D eigenvalue weighted by molar-refractivity contribution is -0.123. The lowest BCUT2D eigenvalue weighted by atomic mass is 9.88. The van der Waals surface area contributed by atoms with Crippen LogP contribution < -0.4 is 10.1 Å². The first-order valence-electron chi connectivity index (χ1n) is 10.8. The van der Waals surface area contributed by atoms with Gasteiger partial charge in [0.2, 0.25) is 5.91 Å². The van der Waals surface area contributed by atoms with E-state index in [1.54, 1.807) is 37.4 Å². The minimum Gasteiger partial charge on any atom is -0.484 e. The van der Waals surface area contributed by atoms with Gasteiger partial charge in [-0.15, -0.1) is 0 Å². The van der Waals surface area contributed by atoms with Crippen LogP contribution in [0.15, 0.2) is 66.7 Å². The number of fused-ring (bicyclic) bond motifs is 1. The van der Waals surface area contributed by atoms with Gasteiger partial charge in [-0.2, -0.15) is 0 Å². The summed E-state index contributed by atoms with van der Waals surface area (Å²) in [5, 5.41) is 2.71. The molecule has 3 aromatic carbocycles. The molecule has 1 amide bonds. The summed E-state index contributed by atoms with van der Waals surface area (Å²) < 4.78 is 25.0. The van der Waals surface area contributed by atoms with Crippen molar-refractivity contribution in [2.24, 2.45) is 0 Å². The molecule has 0 spiro atoms. The van der Waals surface area contributed by atoms with Crippen molar-refractivity contribution in [1.82, 2.24) is 5.32 Å². The second-order valence-electron chi connectivity index (χ2n) is 9.02. The minimum atomic E-state index is -0.593. The fourth-order valence-corrected chi connectivity index (χ4v) is 3.96. The molecule has 170 valence electrons. The Hall–Kier alpha value is -3.67. The molecule has 1 N–H and O–H groups in total. The predicted octanol–water partition coefficient (Wildman–Crippen LogP) is 5.41. The summed E-state index contributed by atoms with van der Waals surface area (Å²) in [4.78, 5) is 25.3. The van der Waals surface area contributed by atoms with Crippen LogP contribution in [0.2, 0.25) is 0 Å². The van der Waals surface area contributed by atoms with E-state index in [-0.39, 0.29) is 11.7 Å². The first-order valence-corrected chi connectivity index (χ1v) is 10.8. The summed E-state index contributed by atoms with van der Waals surface area (Å²) >= 11 is 0. The van der Waals surface area contributed by atoms with E-state index in [0.717, 1.165) is 22.3 Å². The Bertz CT molecular complexity index is 1200. The number of esters is 1. The number of halogens is 1. The number of carbonyl (C=O) groups is 2. The van der Waals surface area contributed by atoms with E-state index >= 15 is 0 Å². The van der Waals surface area contributed by atoms with Gasteiger partial charge in [0, 0.05) is 12.6 Å². The number of rotatable bonds is 4. The maximum absolute atomic E-state index is 13.4. The van der Waals surface area contributed by atoms with E-state index < -0.39 is 23.6 Å². The molecule has 5 nitrogen and oxygen atoms in total. The first kappa shape index (κ1) is 22.5. The maximum Gasteiger partial charge on any atom is 0.338 e. The van der Waals surface area contributed by atoms with Gasteiger partial charge >= 0.3 is 5.97 Å². The molecule has 4 rings (SSSR count). The summed E-state index contributed by atoms with van der Waals surface area (Å²) in [5.74, 6) is -0.927.